The van der Waals surface area contributed by atoms with Gasteiger partial charge in [0.05, 0.1) is 0 Å². The molecule has 4 nitrogen and oxygen atoms in total. The molecule has 0 aliphatic heterocycles. The van der Waals surface area contributed by atoms with E-state index in [4.69, 9.17) is 5.26 Å². The summed E-state index contributed by atoms with van der Waals surface area (Å²) in [6.45, 7) is 0. The van der Waals surface area contributed by atoms with Crippen LogP contribution in [0.2, 0.25) is 0 Å². The van der Waals surface area contributed by atoms with Gasteiger partial charge in [-0.25, -0.2) is 9.97 Å². The summed E-state index contributed by atoms with van der Waals surface area (Å²) in [5.74, 6) is 0.622. The van der Waals surface area contributed by atoms with Crippen LogP contribution in [-0.2, 0) is 0 Å². The molecule has 0 saturated heterocycles. The molecule has 1 heterocycles. The quantitative estimate of drug-likeness (QED) is 0.867. The highest BCUT2D eigenvalue weighted by Gasteiger charge is 2.24. The maximum absolute atomic E-state index is 8.89. The van der Waals surface area contributed by atoms with E-state index < -0.39 is 0 Å². The van der Waals surface area contributed by atoms with Gasteiger partial charge in [0, 0.05) is 23.7 Å². The lowest BCUT2D eigenvalue weighted by atomic mass is 10.2. The Hall–Kier alpha value is -1.28. The van der Waals surface area contributed by atoms with Crippen molar-refractivity contribution in [2.45, 2.75) is 30.6 Å². The minimum atomic E-state index is 0.384. The maximum atomic E-state index is 8.89. The topological polar surface area (TPSA) is 61.6 Å². The lowest BCUT2D eigenvalue weighted by molar-refractivity contribution is 0.750. The fourth-order valence-corrected chi connectivity index (χ4v) is 2.80. The molecule has 0 aromatic carbocycles. The first-order valence-electron chi connectivity index (χ1n) is 5.34. The molecule has 5 heteroatoms. The number of nitrogens with one attached hydrogen (secondary N) is 1. The third-order valence-corrected chi connectivity index (χ3v) is 3.96. The molecule has 0 spiro atoms. The molecule has 2 unspecified atom stereocenters. The Bertz CT molecular complexity index is 401. The summed E-state index contributed by atoms with van der Waals surface area (Å²) in [5, 5.41) is 12.9. The second-order valence-corrected chi connectivity index (χ2v) is 5.02. The van der Waals surface area contributed by atoms with Crippen LogP contribution in [0.3, 0.4) is 0 Å². The Labute approximate surface area is 99.5 Å². The number of anilines is 1. The van der Waals surface area contributed by atoms with Gasteiger partial charge in [0.2, 0.25) is 0 Å². The summed E-state index contributed by atoms with van der Waals surface area (Å²) in [7, 11) is 0. The lowest BCUT2D eigenvalue weighted by Crippen LogP contribution is -2.18. The zero-order valence-electron chi connectivity index (χ0n) is 9.18. The average Bonchev–Trinajstić information content (AvgIpc) is 2.77. The fourth-order valence-electron chi connectivity index (χ4n) is 2.00. The van der Waals surface area contributed by atoms with E-state index in [-0.39, 0.29) is 0 Å². The van der Waals surface area contributed by atoms with Gasteiger partial charge in [0.15, 0.2) is 11.5 Å². The van der Waals surface area contributed by atoms with Crippen LogP contribution in [0.4, 0.5) is 5.82 Å². The highest BCUT2D eigenvalue weighted by Crippen LogP contribution is 2.30. The minimum absolute atomic E-state index is 0.384. The van der Waals surface area contributed by atoms with Crippen molar-refractivity contribution in [1.82, 2.24) is 9.97 Å². The molecule has 0 radical (unpaired) electrons. The van der Waals surface area contributed by atoms with Gasteiger partial charge in [-0.05, 0) is 25.5 Å². The molecule has 1 aliphatic rings. The van der Waals surface area contributed by atoms with Crippen molar-refractivity contribution in [3.63, 3.8) is 0 Å². The Morgan fingerprint density at radius 1 is 1.44 bits per heavy atom. The van der Waals surface area contributed by atoms with E-state index in [0.717, 1.165) is 18.1 Å². The van der Waals surface area contributed by atoms with Crippen molar-refractivity contribution in [2.75, 3.05) is 11.6 Å². The Kier molecular flexibility index (Phi) is 3.62. The van der Waals surface area contributed by atoms with Gasteiger partial charge >= 0.3 is 0 Å². The molecular weight excluding hydrogens is 220 g/mol. The lowest BCUT2D eigenvalue weighted by Gasteiger charge is -2.13. The van der Waals surface area contributed by atoms with Gasteiger partial charge in [0.1, 0.15) is 6.07 Å². The summed E-state index contributed by atoms with van der Waals surface area (Å²) < 4.78 is 0. The summed E-state index contributed by atoms with van der Waals surface area (Å²) in [6.07, 6.45) is 8.83. The van der Waals surface area contributed by atoms with Gasteiger partial charge in [-0.2, -0.15) is 17.0 Å². The zero-order chi connectivity index (χ0) is 11.4. The molecule has 2 rings (SSSR count). The molecule has 84 valence electrons. The van der Waals surface area contributed by atoms with Gasteiger partial charge in [-0.1, -0.05) is 0 Å². The van der Waals surface area contributed by atoms with E-state index in [1.165, 1.54) is 6.42 Å². The average molecular weight is 234 g/mol. The van der Waals surface area contributed by atoms with Crippen molar-refractivity contribution in [1.29, 1.82) is 5.26 Å². The number of aromatic nitrogens is 2. The number of rotatable bonds is 3. The number of hydrogen-bond acceptors (Lipinski definition) is 5. The Balaban J connectivity index is 2.02. The molecule has 1 aliphatic carbocycles. The minimum Gasteiger partial charge on any atom is -0.365 e. The van der Waals surface area contributed by atoms with Crippen LogP contribution >= 0.6 is 11.8 Å². The van der Waals surface area contributed by atoms with Crippen LogP contribution in [0.1, 0.15) is 25.0 Å². The van der Waals surface area contributed by atoms with Crippen molar-refractivity contribution in [2.24, 2.45) is 0 Å². The summed E-state index contributed by atoms with van der Waals surface area (Å²) in [4.78, 5) is 8.15. The van der Waals surface area contributed by atoms with Gasteiger partial charge in [-0.15, -0.1) is 0 Å². The number of nitriles is 1. The summed E-state index contributed by atoms with van der Waals surface area (Å²) in [5.41, 5.74) is 0.384. The van der Waals surface area contributed by atoms with Crippen LogP contribution in [0.15, 0.2) is 12.4 Å². The van der Waals surface area contributed by atoms with Crippen LogP contribution < -0.4 is 5.32 Å². The van der Waals surface area contributed by atoms with Crippen LogP contribution in [0.25, 0.3) is 0 Å². The predicted molar refractivity (Wildman–Crippen MR) is 65.3 cm³/mol. The highest BCUT2D eigenvalue weighted by atomic mass is 32.2. The highest BCUT2D eigenvalue weighted by molar-refractivity contribution is 7.99. The van der Waals surface area contributed by atoms with Gasteiger partial charge in [-0.3, -0.25) is 0 Å². The first kappa shape index (κ1) is 11.2. The normalized spacial score (nSPS) is 24.0. The van der Waals surface area contributed by atoms with Crippen molar-refractivity contribution >= 4 is 17.6 Å². The largest absolute Gasteiger partial charge is 0.365 e. The first-order chi connectivity index (χ1) is 7.83. The van der Waals surface area contributed by atoms with Gasteiger partial charge in [0.25, 0.3) is 0 Å². The molecule has 16 heavy (non-hydrogen) atoms. The zero-order valence-corrected chi connectivity index (χ0v) is 10.00. The summed E-state index contributed by atoms with van der Waals surface area (Å²) in [6, 6.07) is 2.49. The van der Waals surface area contributed by atoms with E-state index >= 15 is 0 Å². The summed E-state index contributed by atoms with van der Waals surface area (Å²) >= 11 is 1.92. The molecule has 1 fully saturated rings. The van der Waals surface area contributed by atoms with Crippen molar-refractivity contribution in [3.8, 4) is 6.07 Å². The molecule has 0 bridgehead atoms. The Morgan fingerprint density at radius 2 is 2.25 bits per heavy atom. The fraction of sp³-hybridized carbons (Fsp3) is 0.545. The standard InChI is InChI=1S/C11H14N4S/c1-16-9-3-2-8(6-9)15-11-10(7-12)13-4-5-14-11/h4-5,8-9H,2-3,6H2,1H3,(H,14,15). The molecule has 1 aromatic heterocycles. The molecule has 1 aromatic rings. The molecule has 2 atom stereocenters. The van der Waals surface area contributed by atoms with Crippen molar-refractivity contribution in [3.05, 3.63) is 18.1 Å². The van der Waals surface area contributed by atoms with E-state index in [2.05, 4.69) is 27.6 Å². The molecule has 0 amide bonds. The number of nitrogens with zero attached hydrogens (tertiary/aromatic N) is 3. The van der Waals surface area contributed by atoms with Crippen LogP contribution in [-0.4, -0.2) is 27.5 Å². The first-order valence-corrected chi connectivity index (χ1v) is 6.62. The smallest absolute Gasteiger partial charge is 0.182 e. The number of hydrogen-bond donors (Lipinski definition) is 1. The van der Waals surface area contributed by atoms with Crippen LogP contribution in [0, 0.1) is 11.3 Å². The Morgan fingerprint density at radius 3 is 2.94 bits per heavy atom. The van der Waals surface area contributed by atoms with Crippen molar-refractivity contribution < 1.29 is 0 Å². The van der Waals surface area contributed by atoms with E-state index in [0.29, 0.717) is 17.6 Å². The monoisotopic (exact) mass is 234 g/mol. The van der Waals surface area contributed by atoms with E-state index in [1.54, 1.807) is 12.4 Å². The second kappa shape index (κ2) is 5.17. The van der Waals surface area contributed by atoms with E-state index in [1.807, 2.05) is 11.8 Å². The maximum Gasteiger partial charge on any atom is 0.182 e. The molecule has 1 saturated carbocycles. The van der Waals surface area contributed by atoms with Crippen LogP contribution in [0.5, 0.6) is 0 Å². The molecule has 1 N–H and O–H groups in total. The third-order valence-electron chi connectivity index (χ3n) is 2.86. The SMILES string of the molecule is CSC1CCC(Nc2nccnc2C#N)C1. The third kappa shape index (κ3) is 2.45. The van der Waals surface area contributed by atoms with E-state index in [9.17, 15) is 0 Å². The second-order valence-electron chi connectivity index (χ2n) is 3.88. The predicted octanol–water partition coefficient (Wildman–Crippen LogP) is 2.04. The van der Waals surface area contributed by atoms with Gasteiger partial charge < -0.3 is 5.32 Å². The molecular formula is C11H14N4S. The number of thioether (sulfide) groups is 1.